The molecule has 34 heavy (non-hydrogen) atoms. The molecule has 0 aliphatic carbocycles. The molecule has 0 spiro atoms. The molecule has 2 rings (SSSR count). The quantitative estimate of drug-likeness (QED) is 0.235. The fourth-order valence-electron chi connectivity index (χ4n) is 2.93. The van der Waals surface area contributed by atoms with Crippen LogP contribution in [0.1, 0.15) is 22.3 Å². The molecule has 2 aromatic rings. The van der Waals surface area contributed by atoms with E-state index in [2.05, 4.69) is 8.37 Å². The molecule has 0 aliphatic rings. The van der Waals surface area contributed by atoms with Crippen LogP contribution in [0.2, 0.25) is 10.0 Å². The predicted molar refractivity (Wildman–Crippen MR) is 112 cm³/mol. The average Bonchev–Trinajstić information content (AvgIpc) is 2.64. The molecule has 0 radical (unpaired) electrons. The van der Waals surface area contributed by atoms with Crippen molar-refractivity contribution in [3.8, 4) is 22.6 Å². The molecule has 0 aliphatic heterocycles. The van der Waals surface area contributed by atoms with Crippen molar-refractivity contribution in [3.63, 3.8) is 0 Å². The SMILES string of the molecule is Cc1cc(OS(=O)(=O)C(F)(F)F)c(-c2c(OS(=O)(=O)C(F)(F)F)cc(C)c(Cl)c2C)c(C)c1Cl. The Morgan fingerprint density at radius 3 is 1.15 bits per heavy atom. The van der Waals surface area contributed by atoms with E-state index in [-0.39, 0.29) is 32.3 Å². The smallest absolute Gasteiger partial charge is 0.375 e. The van der Waals surface area contributed by atoms with Crippen molar-refractivity contribution in [1.29, 1.82) is 0 Å². The first-order valence-corrected chi connectivity index (χ1v) is 12.3. The normalized spacial score (nSPS) is 13.2. The third kappa shape index (κ3) is 5.19. The molecule has 0 N–H and O–H groups in total. The standard InChI is InChI=1S/C18H14Cl2F6O6S2/c1-7-5-11(31-33(27,28)17(21,22)23)13(9(3)15(7)19)14-10(4)16(20)8(2)6-12(14)32-34(29,30)18(24,25)26/h5-6H,1-4H3. The van der Waals surface area contributed by atoms with Gasteiger partial charge in [-0.2, -0.15) is 43.2 Å². The molecule has 6 nitrogen and oxygen atoms in total. The number of rotatable bonds is 5. The summed E-state index contributed by atoms with van der Waals surface area (Å²) in [6.07, 6.45) is 0. The minimum Gasteiger partial charge on any atom is -0.375 e. The van der Waals surface area contributed by atoms with Gasteiger partial charge in [-0.3, -0.25) is 0 Å². The summed E-state index contributed by atoms with van der Waals surface area (Å²) in [6.45, 7) is 5.00. The van der Waals surface area contributed by atoms with Gasteiger partial charge in [0.1, 0.15) is 0 Å². The Balaban J connectivity index is 3.02. The third-order valence-electron chi connectivity index (χ3n) is 4.50. The molecule has 0 unspecified atom stereocenters. The van der Waals surface area contributed by atoms with E-state index < -0.39 is 53.9 Å². The van der Waals surface area contributed by atoms with Gasteiger partial charge in [0.05, 0.1) is 0 Å². The summed E-state index contributed by atoms with van der Waals surface area (Å²) in [5, 5.41) is -0.236. The van der Waals surface area contributed by atoms with Crippen molar-refractivity contribution in [3.05, 3.63) is 44.4 Å². The van der Waals surface area contributed by atoms with Gasteiger partial charge in [-0.15, -0.1) is 0 Å². The summed E-state index contributed by atoms with van der Waals surface area (Å²) in [4.78, 5) is 0. The van der Waals surface area contributed by atoms with Gasteiger partial charge in [0.2, 0.25) is 0 Å². The van der Waals surface area contributed by atoms with Crippen molar-refractivity contribution in [2.24, 2.45) is 0 Å². The van der Waals surface area contributed by atoms with E-state index in [1.54, 1.807) is 0 Å². The summed E-state index contributed by atoms with van der Waals surface area (Å²) in [7, 11) is -12.5. The largest absolute Gasteiger partial charge is 0.534 e. The lowest BCUT2D eigenvalue weighted by molar-refractivity contribution is -0.0505. The molecule has 0 bridgehead atoms. The zero-order valence-corrected chi connectivity index (χ0v) is 20.6. The van der Waals surface area contributed by atoms with Crippen LogP contribution in [0.4, 0.5) is 26.3 Å². The minimum atomic E-state index is -6.25. The van der Waals surface area contributed by atoms with Crippen LogP contribution in [0, 0.1) is 27.7 Å². The van der Waals surface area contributed by atoms with Crippen molar-refractivity contribution in [2.45, 2.75) is 38.7 Å². The second-order valence-corrected chi connectivity index (χ2v) is 10.8. The lowest BCUT2D eigenvalue weighted by Gasteiger charge is -2.22. The first-order chi connectivity index (χ1) is 15.1. The predicted octanol–water partition coefficient (Wildman–Crippen LogP) is 6.35. The van der Waals surface area contributed by atoms with Crippen LogP contribution < -0.4 is 8.37 Å². The maximum atomic E-state index is 13.0. The number of hydrogen-bond acceptors (Lipinski definition) is 6. The van der Waals surface area contributed by atoms with E-state index in [0.717, 1.165) is 12.1 Å². The maximum Gasteiger partial charge on any atom is 0.534 e. The highest BCUT2D eigenvalue weighted by molar-refractivity contribution is 7.88. The molecule has 0 amide bonds. The summed E-state index contributed by atoms with van der Waals surface area (Å²) in [6, 6.07) is 1.59. The van der Waals surface area contributed by atoms with E-state index in [1.165, 1.54) is 27.7 Å². The highest BCUT2D eigenvalue weighted by Crippen LogP contribution is 2.48. The molecule has 190 valence electrons. The van der Waals surface area contributed by atoms with E-state index in [4.69, 9.17) is 23.2 Å². The summed E-state index contributed by atoms with van der Waals surface area (Å²) in [5.41, 5.74) is -13.0. The number of aryl methyl sites for hydroxylation is 2. The fourth-order valence-corrected chi connectivity index (χ4v) is 4.15. The Morgan fingerprint density at radius 1 is 0.647 bits per heavy atom. The van der Waals surface area contributed by atoms with Gasteiger partial charge in [0.15, 0.2) is 11.5 Å². The number of halogens is 8. The molecule has 0 aromatic heterocycles. The lowest BCUT2D eigenvalue weighted by atomic mass is 9.92. The van der Waals surface area contributed by atoms with Crippen molar-refractivity contribution in [1.82, 2.24) is 0 Å². The number of hydrogen-bond donors (Lipinski definition) is 0. The van der Waals surface area contributed by atoms with Crippen LogP contribution in [0.3, 0.4) is 0 Å². The van der Waals surface area contributed by atoms with Crippen LogP contribution in [-0.2, 0) is 20.2 Å². The van der Waals surface area contributed by atoms with Crippen molar-refractivity contribution >= 4 is 43.4 Å². The molecule has 0 saturated heterocycles. The van der Waals surface area contributed by atoms with Crippen LogP contribution >= 0.6 is 23.2 Å². The van der Waals surface area contributed by atoms with Gasteiger partial charge in [0.25, 0.3) is 0 Å². The van der Waals surface area contributed by atoms with E-state index in [1.807, 2.05) is 0 Å². The first-order valence-electron chi connectivity index (χ1n) is 8.73. The van der Waals surface area contributed by atoms with Gasteiger partial charge < -0.3 is 8.37 Å². The van der Waals surface area contributed by atoms with Crippen LogP contribution in [0.25, 0.3) is 11.1 Å². The summed E-state index contributed by atoms with van der Waals surface area (Å²) in [5.74, 6) is -1.98. The van der Waals surface area contributed by atoms with Crippen molar-refractivity contribution in [2.75, 3.05) is 0 Å². The summed E-state index contributed by atoms with van der Waals surface area (Å²) >= 11 is 12.3. The second kappa shape index (κ2) is 8.95. The molecule has 2 aromatic carbocycles. The minimum absolute atomic E-state index is 0.0523. The Kier molecular flexibility index (Phi) is 7.46. The van der Waals surface area contributed by atoms with Gasteiger partial charge >= 0.3 is 31.3 Å². The Hall–Kier alpha value is -1.90. The van der Waals surface area contributed by atoms with Crippen LogP contribution in [0.5, 0.6) is 11.5 Å². The van der Waals surface area contributed by atoms with E-state index in [9.17, 15) is 43.2 Å². The number of alkyl halides is 6. The third-order valence-corrected chi connectivity index (χ3v) is 7.60. The molecule has 0 atom stereocenters. The first kappa shape index (κ1) is 28.3. The lowest BCUT2D eigenvalue weighted by Crippen LogP contribution is -2.29. The highest BCUT2D eigenvalue weighted by Gasteiger charge is 2.50. The van der Waals surface area contributed by atoms with Gasteiger partial charge in [-0.1, -0.05) is 23.2 Å². The topological polar surface area (TPSA) is 86.7 Å². The Bertz CT molecular complexity index is 1260. The highest BCUT2D eigenvalue weighted by atomic mass is 35.5. The van der Waals surface area contributed by atoms with E-state index in [0.29, 0.717) is 0 Å². The zero-order valence-electron chi connectivity index (χ0n) is 17.4. The van der Waals surface area contributed by atoms with Gasteiger partial charge in [-0.05, 0) is 62.1 Å². The van der Waals surface area contributed by atoms with Crippen LogP contribution in [0.15, 0.2) is 12.1 Å². The van der Waals surface area contributed by atoms with Crippen molar-refractivity contribution < 1.29 is 51.5 Å². The molecule has 0 heterocycles. The van der Waals surface area contributed by atoms with E-state index >= 15 is 0 Å². The monoisotopic (exact) mass is 574 g/mol. The molecule has 0 fully saturated rings. The van der Waals surface area contributed by atoms with Gasteiger partial charge in [0, 0.05) is 21.2 Å². The average molecular weight is 575 g/mol. The molecular formula is C18H14Cl2F6O6S2. The zero-order chi connectivity index (χ0) is 26.6. The Morgan fingerprint density at radius 2 is 0.912 bits per heavy atom. The molecular weight excluding hydrogens is 561 g/mol. The second-order valence-electron chi connectivity index (χ2n) is 6.98. The maximum absolute atomic E-state index is 13.0. The van der Waals surface area contributed by atoms with Gasteiger partial charge in [-0.25, -0.2) is 0 Å². The molecule has 0 saturated carbocycles. The fraction of sp³-hybridized carbons (Fsp3) is 0.333. The summed E-state index contributed by atoms with van der Waals surface area (Å²) < 4.78 is 133. The Labute approximate surface area is 200 Å². The van der Waals surface area contributed by atoms with Crippen LogP contribution in [-0.4, -0.2) is 27.9 Å². The number of benzene rings is 2. The molecule has 16 heteroatoms.